The second-order valence-electron chi connectivity index (χ2n) is 6.18. The molecule has 0 bridgehead atoms. The highest BCUT2D eigenvalue weighted by Crippen LogP contribution is 2.20. The van der Waals surface area contributed by atoms with Crippen molar-refractivity contribution >= 4 is 52.6 Å². The van der Waals surface area contributed by atoms with Crippen LogP contribution in [0.15, 0.2) is 42.5 Å². The zero-order valence-corrected chi connectivity index (χ0v) is 17.5. The molecule has 3 N–H and O–H groups in total. The van der Waals surface area contributed by atoms with Crippen molar-refractivity contribution in [1.82, 2.24) is 10.9 Å². The molecular formula is C20H19Cl2N3O5. The van der Waals surface area contributed by atoms with E-state index in [0.717, 1.165) is 5.56 Å². The van der Waals surface area contributed by atoms with Gasteiger partial charge in [0.05, 0.1) is 6.42 Å². The number of halogens is 2. The summed E-state index contributed by atoms with van der Waals surface area (Å²) < 4.78 is 4.77. The molecule has 0 aromatic heterocycles. The third-order valence-electron chi connectivity index (χ3n) is 3.80. The maximum atomic E-state index is 11.9. The monoisotopic (exact) mass is 451 g/mol. The van der Waals surface area contributed by atoms with E-state index in [1.54, 1.807) is 18.2 Å². The smallest absolute Gasteiger partial charge is 0.306 e. The Hall–Kier alpha value is -3.10. The molecule has 0 fully saturated rings. The largest absolute Gasteiger partial charge is 0.455 e. The number of carbonyl (C=O) groups excluding carboxylic acids is 4. The van der Waals surface area contributed by atoms with Gasteiger partial charge in [-0.3, -0.25) is 30.0 Å². The van der Waals surface area contributed by atoms with Crippen LogP contribution in [0.1, 0.15) is 28.8 Å². The summed E-state index contributed by atoms with van der Waals surface area (Å²) >= 11 is 11.7. The second-order valence-corrected chi connectivity index (χ2v) is 7.03. The van der Waals surface area contributed by atoms with Crippen LogP contribution in [0, 0.1) is 6.92 Å². The summed E-state index contributed by atoms with van der Waals surface area (Å²) in [5, 5.41) is 3.60. The maximum absolute atomic E-state index is 11.9. The number of hydrogen-bond donors (Lipinski definition) is 3. The Morgan fingerprint density at radius 2 is 1.60 bits per heavy atom. The van der Waals surface area contributed by atoms with E-state index in [4.69, 9.17) is 27.9 Å². The standard InChI is InChI=1S/C20H19Cl2N3O5/c1-12-2-7-15(10-16(12)22)23-17(26)8-9-19(28)30-11-18(27)24-25-20(29)13-3-5-14(21)6-4-13/h2-7,10H,8-9,11H2,1H3,(H,23,26)(H,24,27)(H,25,29). The van der Waals surface area contributed by atoms with Gasteiger partial charge in [-0.1, -0.05) is 29.3 Å². The van der Waals surface area contributed by atoms with Crippen LogP contribution in [0.5, 0.6) is 0 Å². The van der Waals surface area contributed by atoms with Gasteiger partial charge in [-0.05, 0) is 48.9 Å². The van der Waals surface area contributed by atoms with E-state index in [2.05, 4.69) is 16.2 Å². The van der Waals surface area contributed by atoms with Crippen LogP contribution in [0.2, 0.25) is 10.0 Å². The SMILES string of the molecule is Cc1ccc(NC(=O)CCC(=O)OCC(=O)NNC(=O)c2ccc(Cl)cc2)cc1Cl. The first-order valence-electron chi connectivity index (χ1n) is 8.81. The molecule has 0 aliphatic heterocycles. The van der Waals surface area contributed by atoms with Crippen LogP contribution in [-0.4, -0.2) is 30.3 Å². The summed E-state index contributed by atoms with van der Waals surface area (Å²) in [5.41, 5.74) is 5.98. The van der Waals surface area contributed by atoms with E-state index in [9.17, 15) is 19.2 Å². The Kier molecular flexibility index (Phi) is 8.64. The van der Waals surface area contributed by atoms with Crippen molar-refractivity contribution in [3.63, 3.8) is 0 Å². The van der Waals surface area contributed by atoms with Crippen LogP contribution >= 0.6 is 23.2 Å². The number of anilines is 1. The molecule has 2 aromatic carbocycles. The average Bonchev–Trinajstić information content (AvgIpc) is 2.72. The lowest BCUT2D eigenvalue weighted by molar-refractivity contribution is -0.149. The van der Waals surface area contributed by atoms with E-state index in [1.807, 2.05) is 6.92 Å². The molecule has 0 spiro atoms. The topological polar surface area (TPSA) is 114 Å². The van der Waals surface area contributed by atoms with Crippen molar-refractivity contribution in [2.45, 2.75) is 19.8 Å². The minimum Gasteiger partial charge on any atom is -0.455 e. The van der Waals surface area contributed by atoms with Crippen LogP contribution in [0.3, 0.4) is 0 Å². The first kappa shape index (κ1) is 23.2. The van der Waals surface area contributed by atoms with Gasteiger partial charge in [-0.15, -0.1) is 0 Å². The molecule has 2 aromatic rings. The zero-order chi connectivity index (χ0) is 22.1. The molecule has 0 heterocycles. The molecule has 0 radical (unpaired) electrons. The summed E-state index contributed by atoms with van der Waals surface area (Å²) in [6.45, 7) is 1.23. The molecule has 30 heavy (non-hydrogen) atoms. The van der Waals surface area contributed by atoms with Gasteiger partial charge in [-0.25, -0.2) is 0 Å². The second kappa shape index (κ2) is 11.2. The highest BCUT2D eigenvalue weighted by molar-refractivity contribution is 6.31. The van der Waals surface area contributed by atoms with Gasteiger partial charge in [0.2, 0.25) is 5.91 Å². The molecule has 158 valence electrons. The van der Waals surface area contributed by atoms with E-state index in [1.165, 1.54) is 24.3 Å². The highest BCUT2D eigenvalue weighted by atomic mass is 35.5. The Bertz CT molecular complexity index is 948. The first-order chi connectivity index (χ1) is 14.2. The lowest BCUT2D eigenvalue weighted by atomic mass is 10.2. The number of hydrogen-bond acceptors (Lipinski definition) is 5. The van der Waals surface area contributed by atoms with Gasteiger partial charge in [0.15, 0.2) is 6.61 Å². The number of hydrazine groups is 1. The fraction of sp³-hybridized carbons (Fsp3) is 0.200. The van der Waals surface area contributed by atoms with Crippen molar-refractivity contribution in [2.24, 2.45) is 0 Å². The van der Waals surface area contributed by atoms with Crippen LogP contribution in [0.25, 0.3) is 0 Å². The molecule has 0 saturated carbocycles. The van der Waals surface area contributed by atoms with Crippen molar-refractivity contribution in [3.8, 4) is 0 Å². The number of aryl methyl sites for hydroxylation is 1. The Labute approximate surface area is 182 Å². The predicted molar refractivity (Wildman–Crippen MR) is 112 cm³/mol. The molecule has 3 amide bonds. The lowest BCUT2D eigenvalue weighted by Crippen LogP contribution is -2.43. The molecular weight excluding hydrogens is 433 g/mol. The Morgan fingerprint density at radius 3 is 2.27 bits per heavy atom. The minimum atomic E-state index is -0.732. The number of carbonyl (C=O) groups is 4. The highest BCUT2D eigenvalue weighted by Gasteiger charge is 2.12. The summed E-state index contributed by atoms with van der Waals surface area (Å²) in [7, 11) is 0. The normalized spacial score (nSPS) is 10.1. The molecule has 8 nitrogen and oxygen atoms in total. The Balaban J connectivity index is 1.65. The maximum Gasteiger partial charge on any atom is 0.306 e. The minimum absolute atomic E-state index is 0.126. The molecule has 0 aliphatic carbocycles. The number of amides is 3. The van der Waals surface area contributed by atoms with Gasteiger partial charge in [0, 0.05) is 27.7 Å². The van der Waals surface area contributed by atoms with Crippen molar-refractivity contribution < 1.29 is 23.9 Å². The van der Waals surface area contributed by atoms with Gasteiger partial charge in [0.1, 0.15) is 0 Å². The number of rotatable bonds is 7. The summed E-state index contributed by atoms with van der Waals surface area (Å²) in [6.07, 6.45) is -0.338. The average molecular weight is 452 g/mol. The van der Waals surface area contributed by atoms with E-state index in [0.29, 0.717) is 15.7 Å². The third kappa shape index (κ3) is 7.73. The summed E-state index contributed by atoms with van der Waals surface area (Å²) in [6, 6.07) is 11.1. The number of nitrogens with one attached hydrogen (secondary N) is 3. The fourth-order valence-electron chi connectivity index (χ4n) is 2.16. The van der Waals surface area contributed by atoms with Gasteiger partial charge in [-0.2, -0.15) is 0 Å². The van der Waals surface area contributed by atoms with Gasteiger partial charge < -0.3 is 10.1 Å². The van der Waals surface area contributed by atoms with E-state index >= 15 is 0 Å². The Morgan fingerprint density at radius 1 is 0.900 bits per heavy atom. The van der Waals surface area contributed by atoms with E-state index < -0.39 is 30.3 Å². The molecule has 0 saturated heterocycles. The molecule has 0 aliphatic rings. The predicted octanol–water partition coefficient (Wildman–Crippen LogP) is 3.02. The van der Waals surface area contributed by atoms with Crippen LogP contribution in [0.4, 0.5) is 5.69 Å². The van der Waals surface area contributed by atoms with Gasteiger partial charge >= 0.3 is 5.97 Å². The lowest BCUT2D eigenvalue weighted by Gasteiger charge is -2.09. The first-order valence-corrected chi connectivity index (χ1v) is 9.56. The summed E-state index contributed by atoms with van der Waals surface area (Å²) in [5.74, 6) is -2.42. The molecule has 0 unspecified atom stereocenters. The number of ether oxygens (including phenoxy) is 1. The third-order valence-corrected chi connectivity index (χ3v) is 4.46. The zero-order valence-electron chi connectivity index (χ0n) is 16.0. The molecule has 2 rings (SSSR count). The summed E-state index contributed by atoms with van der Waals surface area (Å²) in [4.78, 5) is 47.1. The molecule has 0 atom stereocenters. The van der Waals surface area contributed by atoms with Gasteiger partial charge in [0.25, 0.3) is 11.8 Å². The molecule has 10 heteroatoms. The van der Waals surface area contributed by atoms with E-state index in [-0.39, 0.29) is 18.4 Å². The van der Waals surface area contributed by atoms with Crippen molar-refractivity contribution in [3.05, 3.63) is 63.6 Å². The quantitative estimate of drug-likeness (QED) is 0.442. The van der Waals surface area contributed by atoms with Crippen LogP contribution in [-0.2, 0) is 19.1 Å². The van der Waals surface area contributed by atoms with Crippen molar-refractivity contribution in [1.29, 1.82) is 0 Å². The number of benzene rings is 2. The fourth-order valence-corrected chi connectivity index (χ4v) is 2.47. The number of esters is 1. The van der Waals surface area contributed by atoms with Crippen LogP contribution < -0.4 is 16.2 Å². The van der Waals surface area contributed by atoms with Crippen molar-refractivity contribution in [2.75, 3.05) is 11.9 Å².